The molecule has 0 fully saturated rings. The summed E-state index contributed by atoms with van der Waals surface area (Å²) in [4.78, 5) is 4.07. The Labute approximate surface area is 112 Å². The fourth-order valence-electron chi connectivity index (χ4n) is 1.07. The van der Waals surface area contributed by atoms with Crippen molar-refractivity contribution in [2.75, 3.05) is 0 Å². The molecular weight excluding hydrogens is 308 g/mol. The zero-order valence-corrected chi connectivity index (χ0v) is 11.5. The number of pyridine rings is 1. The molecule has 2 aromatic rings. The van der Waals surface area contributed by atoms with Gasteiger partial charge in [-0.05, 0) is 12.1 Å². The van der Waals surface area contributed by atoms with Crippen molar-refractivity contribution in [3.8, 4) is 11.5 Å². The molecule has 0 saturated carbocycles. The molecule has 0 unspecified atom stereocenters. The molecule has 0 amide bonds. The van der Waals surface area contributed by atoms with Crippen LogP contribution in [0.1, 0.15) is 31.9 Å². The van der Waals surface area contributed by atoms with E-state index in [1.165, 1.54) is 6.20 Å². The number of rotatable bonds is 3. The maximum Gasteiger partial charge on any atom is 0.314 e. The number of hydrogen-bond donors (Lipinski definition) is 0. The molecule has 0 spiro atoms. The fraction of sp³-hybridized carbons (Fsp3) is 0.364. The topological polar surface area (TPSA) is 51.8 Å². The van der Waals surface area contributed by atoms with Gasteiger partial charge >= 0.3 is 6.43 Å². The second-order valence-corrected chi connectivity index (χ2v) is 3.48. The predicted molar refractivity (Wildman–Crippen MR) is 66.5 cm³/mol. The van der Waals surface area contributed by atoms with Crippen molar-refractivity contribution in [2.45, 2.75) is 25.6 Å². The molecule has 0 radical (unpaired) electrons. The molecule has 2 aromatic heterocycles. The first-order valence-electron chi connectivity index (χ1n) is 5.33. The van der Waals surface area contributed by atoms with Crippen LogP contribution in [-0.2, 0) is 5.33 Å². The Hall–Kier alpha value is -1.37. The van der Waals surface area contributed by atoms with E-state index < -0.39 is 12.3 Å². The van der Waals surface area contributed by atoms with Crippen LogP contribution in [0.5, 0.6) is 0 Å². The lowest BCUT2D eigenvalue weighted by molar-refractivity contribution is 0.116. The molecule has 2 rings (SSSR count). The summed E-state index contributed by atoms with van der Waals surface area (Å²) in [7, 11) is 0. The molecular formula is C11H12BrF2N3O. The quantitative estimate of drug-likeness (QED) is 0.803. The largest absolute Gasteiger partial charge is 0.415 e. The molecule has 2 heterocycles. The lowest BCUT2D eigenvalue weighted by Gasteiger charge is -1.96. The van der Waals surface area contributed by atoms with Gasteiger partial charge < -0.3 is 4.42 Å². The average Bonchev–Trinajstić information content (AvgIpc) is 2.91. The first-order chi connectivity index (χ1) is 8.70. The van der Waals surface area contributed by atoms with E-state index in [-0.39, 0.29) is 5.89 Å². The van der Waals surface area contributed by atoms with Gasteiger partial charge in [-0.2, -0.15) is 8.78 Å². The summed E-state index contributed by atoms with van der Waals surface area (Å²) in [6.45, 7) is 4.00. The number of aromatic nitrogens is 3. The van der Waals surface area contributed by atoms with Crippen LogP contribution in [0, 0.1) is 0 Å². The summed E-state index contributed by atoms with van der Waals surface area (Å²) in [5.74, 6) is -0.636. The van der Waals surface area contributed by atoms with E-state index in [4.69, 9.17) is 4.42 Å². The first kappa shape index (κ1) is 14.7. The zero-order chi connectivity index (χ0) is 13.5. The maximum absolute atomic E-state index is 12.2. The number of hydrogen-bond acceptors (Lipinski definition) is 4. The van der Waals surface area contributed by atoms with Crippen LogP contribution >= 0.6 is 15.9 Å². The highest BCUT2D eigenvalue weighted by Gasteiger charge is 2.16. The molecule has 0 atom stereocenters. The highest BCUT2D eigenvalue weighted by Crippen LogP contribution is 2.22. The lowest BCUT2D eigenvalue weighted by Crippen LogP contribution is -1.85. The maximum atomic E-state index is 12.2. The van der Waals surface area contributed by atoms with Gasteiger partial charge in [-0.3, -0.25) is 4.98 Å². The monoisotopic (exact) mass is 319 g/mol. The Morgan fingerprint density at radius 2 is 2.00 bits per heavy atom. The summed E-state index contributed by atoms with van der Waals surface area (Å²) in [5.41, 5.74) is 1.35. The predicted octanol–water partition coefficient (Wildman–Crippen LogP) is 3.99. The van der Waals surface area contributed by atoms with Gasteiger partial charge in [-0.25, -0.2) is 0 Å². The molecule has 98 valence electrons. The van der Waals surface area contributed by atoms with E-state index >= 15 is 0 Å². The van der Waals surface area contributed by atoms with Crippen LogP contribution in [0.3, 0.4) is 0 Å². The standard InChI is InChI=1S/C9H6BrF2N3O.C2H6/c10-3-6-2-1-5(4-13-6)8-14-15-9(16-8)7(11)12;1-2/h1-2,4,7H,3H2;1-2H3. The number of halogens is 3. The van der Waals surface area contributed by atoms with Gasteiger partial charge in [0.05, 0.1) is 11.3 Å². The van der Waals surface area contributed by atoms with Gasteiger partial charge in [-0.1, -0.05) is 29.8 Å². The summed E-state index contributed by atoms with van der Waals surface area (Å²) in [6.07, 6.45) is -1.25. The Morgan fingerprint density at radius 3 is 2.44 bits per heavy atom. The van der Waals surface area contributed by atoms with Crippen molar-refractivity contribution in [1.29, 1.82) is 0 Å². The third kappa shape index (κ3) is 3.56. The molecule has 0 saturated heterocycles. The second kappa shape index (κ2) is 7.15. The molecule has 18 heavy (non-hydrogen) atoms. The Morgan fingerprint density at radius 1 is 1.28 bits per heavy atom. The summed E-state index contributed by atoms with van der Waals surface area (Å²) < 4.78 is 29.2. The third-order valence-electron chi connectivity index (χ3n) is 1.84. The molecule has 0 aromatic carbocycles. The Balaban J connectivity index is 0.000000771. The van der Waals surface area contributed by atoms with E-state index in [0.29, 0.717) is 10.9 Å². The summed E-state index contributed by atoms with van der Waals surface area (Å²) in [6, 6.07) is 3.43. The van der Waals surface area contributed by atoms with Crippen LogP contribution in [0.15, 0.2) is 22.7 Å². The Bertz CT molecular complexity index is 473. The van der Waals surface area contributed by atoms with Crippen molar-refractivity contribution in [3.05, 3.63) is 29.9 Å². The Kier molecular flexibility index (Phi) is 5.84. The number of alkyl halides is 3. The normalized spacial score (nSPS) is 10.1. The van der Waals surface area contributed by atoms with Crippen molar-refractivity contribution in [1.82, 2.24) is 15.2 Å². The van der Waals surface area contributed by atoms with E-state index in [1.54, 1.807) is 12.1 Å². The minimum absolute atomic E-state index is 0.0453. The van der Waals surface area contributed by atoms with Crippen molar-refractivity contribution in [3.63, 3.8) is 0 Å². The van der Waals surface area contributed by atoms with Crippen molar-refractivity contribution in [2.24, 2.45) is 0 Å². The summed E-state index contributed by atoms with van der Waals surface area (Å²) in [5, 5.41) is 7.37. The van der Waals surface area contributed by atoms with Gasteiger partial charge in [-0.15, -0.1) is 10.2 Å². The second-order valence-electron chi connectivity index (χ2n) is 2.92. The van der Waals surface area contributed by atoms with E-state index in [1.807, 2.05) is 13.8 Å². The van der Waals surface area contributed by atoms with Gasteiger partial charge in [0, 0.05) is 11.5 Å². The molecule has 0 aliphatic rings. The van der Waals surface area contributed by atoms with Gasteiger partial charge in [0.1, 0.15) is 0 Å². The smallest absolute Gasteiger partial charge is 0.314 e. The van der Waals surface area contributed by atoms with Crippen molar-refractivity contribution >= 4 is 15.9 Å². The van der Waals surface area contributed by atoms with Crippen LogP contribution in [0.25, 0.3) is 11.5 Å². The highest BCUT2D eigenvalue weighted by molar-refractivity contribution is 9.08. The lowest BCUT2D eigenvalue weighted by atomic mass is 10.2. The highest BCUT2D eigenvalue weighted by atomic mass is 79.9. The van der Waals surface area contributed by atoms with Crippen molar-refractivity contribution < 1.29 is 13.2 Å². The zero-order valence-electron chi connectivity index (χ0n) is 9.90. The van der Waals surface area contributed by atoms with Gasteiger partial charge in [0.15, 0.2) is 0 Å². The van der Waals surface area contributed by atoms with Gasteiger partial charge in [0.2, 0.25) is 5.89 Å². The molecule has 0 N–H and O–H groups in total. The number of nitrogens with zero attached hydrogens (tertiary/aromatic N) is 3. The van der Waals surface area contributed by atoms with E-state index in [0.717, 1.165) is 5.69 Å². The van der Waals surface area contributed by atoms with Crippen LogP contribution in [0.4, 0.5) is 8.78 Å². The van der Waals surface area contributed by atoms with E-state index in [9.17, 15) is 8.78 Å². The minimum Gasteiger partial charge on any atom is -0.415 e. The molecule has 7 heteroatoms. The SMILES string of the molecule is CC.FC(F)c1nnc(-c2ccc(CBr)nc2)o1. The average molecular weight is 320 g/mol. The minimum atomic E-state index is -2.75. The van der Waals surface area contributed by atoms with Crippen LogP contribution in [0.2, 0.25) is 0 Å². The first-order valence-corrected chi connectivity index (χ1v) is 6.45. The van der Waals surface area contributed by atoms with Gasteiger partial charge in [0.25, 0.3) is 5.89 Å². The molecule has 4 nitrogen and oxygen atoms in total. The third-order valence-corrected chi connectivity index (χ3v) is 2.41. The summed E-state index contributed by atoms with van der Waals surface area (Å²) >= 11 is 3.25. The fourth-order valence-corrected chi connectivity index (χ4v) is 1.40. The molecule has 0 bridgehead atoms. The molecule has 0 aliphatic heterocycles. The van der Waals surface area contributed by atoms with Crippen LogP contribution < -0.4 is 0 Å². The molecule has 0 aliphatic carbocycles. The van der Waals surface area contributed by atoms with Crippen LogP contribution in [-0.4, -0.2) is 15.2 Å². The van der Waals surface area contributed by atoms with E-state index in [2.05, 4.69) is 31.1 Å².